The van der Waals surface area contributed by atoms with Crippen LogP contribution in [0.5, 0.6) is 0 Å². The number of hydrogen-bond acceptors (Lipinski definition) is 6. The van der Waals surface area contributed by atoms with Gasteiger partial charge in [0, 0.05) is 23.9 Å². The molecule has 152 valence electrons. The first-order chi connectivity index (χ1) is 15.2. The Bertz CT molecular complexity index is 1230. The Morgan fingerprint density at radius 3 is 2.61 bits per heavy atom. The largest absolute Gasteiger partial charge is 0.455 e. The lowest BCUT2D eigenvalue weighted by molar-refractivity contribution is -0.384. The average Bonchev–Trinajstić information content (AvgIpc) is 3.29. The summed E-state index contributed by atoms with van der Waals surface area (Å²) in [6, 6.07) is 24.7. The van der Waals surface area contributed by atoms with Crippen LogP contribution in [0.2, 0.25) is 0 Å². The SMILES string of the molecule is O=[N+]([O-])c1cccc(-c2ccc(C=NNC(=Nc3ccccc3)c3ccccn3)o2)c1. The molecule has 2 heterocycles. The molecule has 0 bridgehead atoms. The van der Waals surface area contributed by atoms with Crippen molar-refractivity contribution in [3.63, 3.8) is 0 Å². The lowest BCUT2D eigenvalue weighted by Crippen LogP contribution is -2.20. The van der Waals surface area contributed by atoms with Crippen molar-refractivity contribution in [3.05, 3.63) is 113 Å². The Kier molecular flexibility index (Phi) is 5.90. The highest BCUT2D eigenvalue weighted by molar-refractivity contribution is 5.99. The number of benzene rings is 2. The van der Waals surface area contributed by atoms with E-state index in [2.05, 4.69) is 20.5 Å². The van der Waals surface area contributed by atoms with Gasteiger partial charge in [-0.3, -0.25) is 20.5 Å². The van der Waals surface area contributed by atoms with Crippen molar-refractivity contribution in [2.45, 2.75) is 0 Å². The maximum Gasteiger partial charge on any atom is 0.270 e. The first kappa shape index (κ1) is 19.7. The van der Waals surface area contributed by atoms with Gasteiger partial charge in [0.05, 0.1) is 16.8 Å². The van der Waals surface area contributed by atoms with Crippen molar-refractivity contribution in [3.8, 4) is 11.3 Å². The number of para-hydroxylation sites is 1. The van der Waals surface area contributed by atoms with Gasteiger partial charge in [-0.2, -0.15) is 5.10 Å². The van der Waals surface area contributed by atoms with Crippen LogP contribution >= 0.6 is 0 Å². The molecule has 0 amide bonds. The van der Waals surface area contributed by atoms with Crippen molar-refractivity contribution in [1.82, 2.24) is 10.4 Å². The molecule has 1 N–H and O–H groups in total. The molecule has 0 fully saturated rings. The summed E-state index contributed by atoms with van der Waals surface area (Å²) in [7, 11) is 0. The predicted octanol–water partition coefficient (Wildman–Crippen LogP) is 4.95. The summed E-state index contributed by atoms with van der Waals surface area (Å²) < 4.78 is 5.74. The minimum atomic E-state index is -0.441. The molecule has 0 atom stereocenters. The van der Waals surface area contributed by atoms with Crippen LogP contribution in [0.25, 0.3) is 11.3 Å². The number of nitrogens with one attached hydrogen (secondary N) is 1. The number of non-ortho nitro benzene ring substituents is 1. The number of hydrogen-bond donors (Lipinski definition) is 1. The van der Waals surface area contributed by atoms with Crippen LogP contribution in [0.4, 0.5) is 11.4 Å². The van der Waals surface area contributed by atoms with E-state index in [0.29, 0.717) is 28.6 Å². The number of aliphatic imine (C=N–C) groups is 1. The summed E-state index contributed by atoms with van der Waals surface area (Å²) in [5, 5.41) is 15.2. The topological polar surface area (TPSA) is 106 Å². The lowest BCUT2D eigenvalue weighted by atomic mass is 10.1. The van der Waals surface area contributed by atoms with Gasteiger partial charge in [0.15, 0.2) is 5.84 Å². The van der Waals surface area contributed by atoms with E-state index in [-0.39, 0.29) is 5.69 Å². The molecule has 4 aromatic rings. The average molecular weight is 411 g/mol. The maximum atomic E-state index is 11.0. The highest BCUT2D eigenvalue weighted by Crippen LogP contribution is 2.25. The molecule has 8 heteroatoms. The first-order valence-corrected chi connectivity index (χ1v) is 9.38. The molecule has 0 spiro atoms. The van der Waals surface area contributed by atoms with Gasteiger partial charge >= 0.3 is 0 Å². The summed E-state index contributed by atoms with van der Waals surface area (Å²) in [4.78, 5) is 19.4. The molecule has 0 saturated carbocycles. The highest BCUT2D eigenvalue weighted by Gasteiger charge is 2.10. The highest BCUT2D eigenvalue weighted by atomic mass is 16.6. The van der Waals surface area contributed by atoms with Gasteiger partial charge in [-0.05, 0) is 36.4 Å². The van der Waals surface area contributed by atoms with E-state index in [0.717, 1.165) is 5.69 Å². The van der Waals surface area contributed by atoms with Crippen molar-refractivity contribution in [1.29, 1.82) is 0 Å². The van der Waals surface area contributed by atoms with Crippen LogP contribution in [-0.2, 0) is 0 Å². The molecule has 0 aliphatic heterocycles. The number of nitro groups is 1. The van der Waals surface area contributed by atoms with Crippen LogP contribution in [0.1, 0.15) is 11.5 Å². The second-order valence-corrected chi connectivity index (χ2v) is 6.39. The zero-order valence-corrected chi connectivity index (χ0v) is 16.3. The molecule has 2 aromatic heterocycles. The molecular formula is C23H17N5O3. The molecule has 0 saturated heterocycles. The fourth-order valence-electron chi connectivity index (χ4n) is 2.78. The van der Waals surface area contributed by atoms with Gasteiger partial charge < -0.3 is 4.42 Å². The summed E-state index contributed by atoms with van der Waals surface area (Å²) in [5.74, 6) is 1.47. The summed E-state index contributed by atoms with van der Waals surface area (Å²) in [6.45, 7) is 0. The van der Waals surface area contributed by atoms with E-state index in [1.807, 2.05) is 48.5 Å². The number of amidine groups is 1. The van der Waals surface area contributed by atoms with Crippen LogP contribution < -0.4 is 5.43 Å². The molecule has 4 rings (SSSR count). The molecule has 0 unspecified atom stereocenters. The Morgan fingerprint density at radius 2 is 1.84 bits per heavy atom. The number of furan rings is 1. The minimum Gasteiger partial charge on any atom is -0.455 e. The molecule has 31 heavy (non-hydrogen) atoms. The van der Waals surface area contributed by atoms with Gasteiger partial charge in [0.2, 0.25) is 0 Å². The van der Waals surface area contributed by atoms with Crippen molar-refractivity contribution >= 4 is 23.4 Å². The smallest absolute Gasteiger partial charge is 0.270 e. The van der Waals surface area contributed by atoms with Crippen molar-refractivity contribution < 1.29 is 9.34 Å². The Hall–Kier alpha value is -4.59. The van der Waals surface area contributed by atoms with Gasteiger partial charge in [-0.25, -0.2) is 4.99 Å². The molecule has 0 aliphatic carbocycles. The van der Waals surface area contributed by atoms with E-state index in [1.165, 1.54) is 18.3 Å². The lowest BCUT2D eigenvalue weighted by Gasteiger charge is -2.05. The fourth-order valence-corrected chi connectivity index (χ4v) is 2.78. The van der Waals surface area contributed by atoms with Crippen molar-refractivity contribution in [2.24, 2.45) is 10.1 Å². The zero-order valence-electron chi connectivity index (χ0n) is 16.3. The number of aromatic nitrogens is 1. The second kappa shape index (κ2) is 9.27. The fraction of sp³-hybridized carbons (Fsp3) is 0. The normalized spacial score (nSPS) is 11.5. The standard InChI is InChI=1S/C23H17N5O3/c29-28(30)19-10-6-7-17(15-19)22-13-12-20(31-22)16-25-27-23(21-11-4-5-14-24-21)26-18-8-2-1-3-9-18/h1-16H,(H,26,27). The van der Waals surface area contributed by atoms with E-state index in [9.17, 15) is 10.1 Å². The van der Waals surface area contributed by atoms with Gasteiger partial charge in [-0.1, -0.05) is 36.4 Å². The molecular weight excluding hydrogens is 394 g/mol. The summed E-state index contributed by atoms with van der Waals surface area (Å²) in [6.07, 6.45) is 3.18. The van der Waals surface area contributed by atoms with Gasteiger partial charge in [-0.15, -0.1) is 0 Å². The molecule has 2 aromatic carbocycles. The molecule has 0 radical (unpaired) electrons. The second-order valence-electron chi connectivity index (χ2n) is 6.39. The van der Waals surface area contributed by atoms with Crippen LogP contribution in [0.15, 0.2) is 106 Å². The van der Waals surface area contributed by atoms with Crippen LogP contribution in [0, 0.1) is 10.1 Å². The molecule has 8 nitrogen and oxygen atoms in total. The summed E-state index contributed by atoms with van der Waals surface area (Å²) in [5.41, 5.74) is 4.93. The van der Waals surface area contributed by atoms with E-state index >= 15 is 0 Å². The number of pyridine rings is 1. The van der Waals surface area contributed by atoms with E-state index < -0.39 is 4.92 Å². The first-order valence-electron chi connectivity index (χ1n) is 9.38. The maximum absolute atomic E-state index is 11.0. The Balaban J connectivity index is 1.53. The number of nitro benzene ring substituents is 1. The minimum absolute atomic E-state index is 0.00269. The van der Waals surface area contributed by atoms with E-state index in [1.54, 1.807) is 30.5 Å². The third-order valence-electron chi connectivity index (χ3n) is 4.24. The van der Waals surface area contributed by atoms with Crippen LogP contribution in [0.3, 0.4) is 0 Å². The number of rotatable bonds is 6. The van der Waals surface area contributed by atoms with Gasteiger partial charge in [0.25, 0.3) is 5.69 Å². The number of hydrazone groups is 1. The monoisotopic (exact) mass is 411 g/mol. The van der Waals surface area contributed by atoms with Crippen molar-refractivity contribution in [2.75, 3.05) is 0 Å². The number of nitrogens with zero attached hydrogens (tertiary/aromatic N) is 4. The molecule has 0 aliphatic rings. The van der Waals surface area contributed by atoms with E-state index in [4.69, 9.17) is 4.42 Å². The van der Waals surface area contributed by atoms with Gasteiger partial charge in [0.1, 0.15) is 17.2 Å². The Labute approximate surface area is 177 Å². The zero-order chi connectivity index (χ0) is 21.5. The Morgan fingerprint density at radius 1 is 1.00 bits per heavy atom. The summed E-state index contributed by atoms with van der Waals surface area (Å²) >= 11 is 0. The third kappa shape index (κ3) is 5.07. The quantitative estimate of drug-likeness (QED) is 0.209. The predicted molar refractivity (Wildman–Crippen MR) is 118 cm³/mol. The third-order valence-corrected chi connectivity index (χ3v) is 4.24. The van der Waals surface area contributed by atoms with Crippen LogP contribution in [-0.4, -0.2) is 22.0 Å².